The Kier molecular flexibility index (Phi) is 3.81. The minimum absolute atomic E-state index is 0.192. The van der Waals surface area contributed by atoms with Crippen LogP contribution in [0.2, 0.25) is 0 Å². The van der Waals surface area contributed by atoms with Crippen LogP contribution in [0.4, 0.5) is 17.1 Å². The van der Waals surface area contributed by atoms with Crippen molar-refractivity contribution >= 4 is 27.1 Å². The largest absolute Gasteiger partial charge is 0.397 e. The number of para-hydroxylation sites is 2. The molecule has 0 aromatic heterocycles. The van der Waals surface area contributed by atoms with Crippen LogP contribution in [0.3, 0.4) is 0 Å². The summed E-state index contributed by atoms with van der Waals surface area (Å²) in [7, 11) is -3.94. The number of nitro benzene ring substituents is 1. The van der Waals surface area contributed by atoms with Crippen molar-refractivity contribution < 1.29 is 13.3 Å². The van der Waals surface area contributed by atoms with Crippen LogP contribution >= 0.6 is 0 Å². The first kappa shape index (κ1) is 14.8. The van der Waals surface area contributed by atoms with Crippen LogP contribution in [0.25, 0.3) is 0 Å². The maximum absolute atomic E-state index is 12.3. The molecule has 0 bridgehead atoms. The maximum Gasteiger partial charge on any atom is 0.273 e. The van der Waals surface area contributed by atoms with Crippen LogP contribution in [0, 0.1) is 17.0 Å². The second-order valence-electron chi connectivity index (χ2n) is 4.40. The minimum Gasteiger partial charge on any atom is -0.397 e. The molecule has 0 saturated carbocycles. The molecule has 0 spiro atoms. The monoisotopic (exact) mass is 307 g/mol. The number of benzene rings is 2. The van der Waals surface area contributed by atoms with Gasteiger partial charge in [-0.2, -0.15) is 0 Å². The second-order valence-corrected chi connectivity index (χ2v) is 6.08. The van der Waals surface area contributed by atoms with Crippen molar-refractivity contribution in [2.24, 2.45) is 0 Å². The topological polar surface area (TPSA) is 115 Å². The number of aryl methyl sites for hydroxylation is 1. The van der Waals surface area contributed by atoms with Gasteiger partial charge < -0.3 is 5.73 Å². The van der Waals surface area contributed by atoms with E-state index in [1.165, 1.54) is 25.1 Å². The zero-order valence-corrected chi connectivity index (χ0v) is 11.9. The normalized spacial score (nSPS) is 11.1. The summed E-state index contributed by atoms with van der Waals surface area (Å²) < 4.78 is 26.8. The predicted octanol–water partition coefficient (Wildman–Crippen LogP) is 2.29. The van der Waals surface area contributed by atoms with Gasteiger partial charge in [0.15, 0.2) is 0 Å². The summed E-state index contributed by atoms with van der Waals surface area (Å²) in [5.74, 6) is 0. The highest BCUT2D eigenvalue weighted by molar-refractivity contribution is 7.92. The first-order chi connectivity index (χ1) is 9.81. The molecule has 0 radical (unpaired) electrons. The van der Waals surface area contributed by atoms with E-state index in [1.807, 2.05) is 0 Å². The highest BCUT2D eigenvalue weighted by Gasteiger charge is 2.20. The van der Waals surface area contributed by atoms with E-state index >= 15 is 0 Å². The smallest absolute Gasteiger partial charge is 0.273 e. The molecule has 0 aliphatic rings. The van der Waals surface area contributed by atoms with Gasteiger partial charge in [-0.3, -0.25) is 14.8 Å². The van der Waals surface area contributed by atoms with Crippen molar-refractivity contribution in [2.45, 2.75) is 11.8 Å². The number of nitro groups is 1. The summed E-state index contributed by atoms with van der Waals surface area (Å²) >= 11 is 0. The summed E-state index contributed by atoms with van der Waals surface area (Å²) in [6.07, 6.45) is 0. The van der Waals surface area contributed by atoms with E-state index in [0.29, 0.717) is 5.56 Å². The number of nitrogens with one attached hydrogen (secondary N) is 1. The van der Waals surface area contributed by atoms with E-state index < -0.39 is 14.9 Å². The van der Waals surface area contributed by atoms with Gasteiger partial charge >= 0.3 is 0 Å². The molecule has 0 amide bonds. The number of sulfonamides is 1. The molecule has 21 heavy (non-hydrogen) atoms. The third-order valence-corrected chi connectivity index (χ3v) is 4.26. The molecule has 3 N–H and O–H groups in total. The second kappa shape index (κ2) is 5.41. The fourth-order valence-electron chi connectivity index (χ4n) is 1.75. The first-order valence-corrected chi connectivity index (χ1v) is 7.42. The van der Waals surface area contributed by atoms with Crippen LogP contribution in [0.15, 0.2) is 47.4 Å². The summed E-state index contributed by atoms with van der Waals surface area (Å²) in [6.45, 7) is 1.54. The molecule has 0 aliphatic heterocycles. The van der Waals surface area contributed by atoms with Gasteiger partial charge in [0.05, 0.1) is 21.2 Å². The number of nitrogens with two attached hydrogens (primary N) is 1. The number of rotatable bonds is 4. The lowest BCUT2D eigenvalue weighted by Crippen LogP contribution is -2.14. The van der Waals surface area contributed by atoms with Crippen molar-refractivity contribution in [3.63, 3.8) is 0 Å². The Morgan fingerprint density at radius 1 is 1.19 bits per heavy atom. The molecule has 0 heterocycles. The van der Waals surface area contributed by atoms with Gasteiger partial charge in [-0.25, -0.2) is 8.42 Å². The predicted molar refractivity (Wildman–Crippen MR) is 79.5 cm³/mol. The van der Waals surface area contributed by atoms with Crippen LogP contribution in [0.5, 0.6) is 0 Å². The number of nitrogens with zero attached hydrogens (tertiary/aromatic N) is 1. The number of hydrogen-bond donors (Lipinski definition) is 2. The third kappa shape index (κ3) is 3.11. The average molecular weight is 307 g/mol. The Morgan fingerprint density at radius 2 is 1.86 bits per heavy atom. The molecule has 110 valence electrons. The Bertz CT molecular complexity index is 803. The molecular formula is C13H13N3O4S. The number of anilines is 2. The van der Waals surface area contributed by atoms with Gasteiger partial charge in [-0.05, 0) is 25.1 Å². The van der Waals surface area contributed by atoms with E-state index in [-0.39, 0.29) is 22.0 Å². The van der Waals surface area contributed by atoms with E-state index in [0.717, 1.165) is 6.07 Å². The molecule has 2 aromatic rings. The number of hydrogen-bond acceptors (Lipinski definition) is 5. The van der Waals surface area contributed by atoms with Crippen LogP contribution in [-0.4, -0.2) is 13.3 Å². The molecule has 0 fully saturated rings. The van der Waals surface area contributed by atoms with E-state index in [1.54, 1.807) is 18.2 Å². The lowest BCUT2D eigenvalue weighted by atomic mass is 10.2. The average Bonchev–Trinajstić information content (AvgIpc) is 2.41. The van der Waals surface area contributed by atoms with Gasteiger partial charge in [-0.15, -0.1) is 0 Å². The van der Waals surface area contributed by atoms with Gasteiger partial charge in [0.1, 0.15) is 0 Å². The molecule has 0 saturated heterocycles. The number of nitrogen functional groups attached to an aromatic ring is 1. The Morgan fingerprint density at radius 3 is 2.48 bits per heavy atom. The van der Waals surface area contributed by atoms with Crippen molar-refractivity contribution in [2.75, 3.05) is 10.5 Å². The minimum atomic E-state index is -3.94. The fraction of sp³-hybridized carbons (Fsp3) is 0.0769. The molecule has 7 nitrogen and oxygen atoms in total. The lowest BCUT2D eigenvalue weighted by Gasteiger charge is -2.10. The molecular weight excluding hydrogens is 294 g/mol. The van der Waals surface area contributed by atoms with E-state index in [4.69, 9.17) is 5.73 Å². The SMILES string of the molecule is Cc1ccc(S(=O)(=O)Nc2ccccc2N)cc1[N+](=O)[O-]. The van der Waals surface area contributed by atoms with Gasteiger partial charge in [0.25, 0.3) is 15.7 Å². The fourth-order valence-corrected chi connectivity index (χ4v) is 2.85. The summed E-state index contributed by atoms with van der Waals surface area (Å²) in [6, 6.07) is 10.1. The van der Waals surface area contributed by atoms with Crippen molar-refractivity contribution in [1.82, 2.24) is 0 Å². The quantitative estimate of drug-likeness (QED) is 0.511. The maximum atomic E-state index is 12.3. The van der Waals surface area contributed by atoms with Crippen molar-refractivity contribution in [3.05, 3.63) is 58.1 Å². The summed E-state index contributed by atoms with van der Waals surface area (Å²) in [4.78, 5) is 10.1. The van der Waals surface area contributed by atoms with E-state index in [2.05, 4.69) is 4.72 Å². The molecule has 2 rings (SSSR count). The molecule has 0 aliphatic carbocycles. The van der Waals surface area contributed by atoms with Gasteiger partial charge in [0, 0.05) is 11.6 Å². The zero-order chi connectivity index (χ0) is 15.6. The highest BCUT2D eigenvalue weighted by Crippen LogP contribution is 2.25. The Hall–Kier alpha value is -2.61. The summed E-state index contributed by atoms with van der Waals surface area (Å²) in [5, 5.41) is 10.9. The Labute approximate surface area is 121 Å². The molecule has 0 atom stereocenters. The van der Waals surface area contributed by atoms with Crippen LogP contribution in [-0.2, 0) is 10.0 Å². The Balaban J connectivity index is 2.43. The van der Waals surface area contributed by atoms with Gasteiger partial charge in [0.2, 0.25) is 0 Å². The van der Waals surface area contributed by atoms with Crippen molar-refractivity contribution in [1.29, 1.82) is 0 Å². The standard InChI is InChI=1S/C13H13N3O4S/c1-9-6-7-10(8-13(9)16(17)18)21(19,20)15-12-5-3-2-4-11(12)14/h2-8,15H,14H2,1H3. The summed E-state index contributed by atoms with van der Waals surface area (Å²) in [5.41, 5.74) is 6.30. The lowest BCUT2D eigenvalue weighted by molar-refractivity contribution is -0.385. The van der Waals surface area contributed by atoms with Gasteiger partial charge in [-0.1, -0.05) is 18.2 Å². The van der Waals surface area contributed by atoms with Crippen LogP contribution < -0.4 is 10.5 Å². The van der Waals surface area contributed by atoms with Crippen molar-refractivity contribution in [3.8, 4) is 0 Å². The van der Waals surface area contributed by atoms with E-state index in [9.17, 15) is 18.5 Å². The molecule has 2 aromatic carbocycles. The highest BCUT2D eigenvalue weighted by atomic mass is 32.2. The molecule has 0 unspecified atom stereocenters. The third-order valence-electron chi connectivity index (χ3n) is 2.89. The van der Waals surface area contributed by atoms with Crippen LogP contribution in [0.1, 0.15) is 5.56 Å². The molecule has 8 heteroatoms. The zero-order valence-electron chi connectivity index (χ0n) is 11.1. The first-order valence-electron chi connectivity index (χ1n) is 5.93.